The van der Waals surface area contributed by atoms with Gasteiger partial charge in [-0.15, -0.1) is 0 Å². The van der Waals surface area contributed by atoms with Crippen LogP contribution in [-0.2, 0) is 4.79 Å². The van der Waals surface area contributed by atoms with E-state index in [1.165, 1.54) is 18.2 Å². The van der Waals surface area contributed by atoms with Crippen LogP contribution in [0.25, 0.3) is 6.08 Å². The van der Waals surface area contributed by atoms with Gasteiger partial charge in [0.15, 0.2) is 0 Å². The fourth-order valence-corrected chi connectivity index (χ4v) is 1.81. The van der Waals surface area contributed by atoms with Crippen LogP contribution in [0.5, 0.6) is 0 Å². The summed E-state index contributed by atoms with van der Waals surface area (Å²) >= 11 is 0. The smallest absolute Gasteiger partial charge is 0.328 e. The van der Waals surface area contributed by atoms with E-state index in [9.17, 15) is 9.18 Å². The molecule has 0 heterocycles. The van der Waals surface area contributed by atoms with Crippen LogP contribution in [0.1, 0.15) is 5.56 Å². The first kappa shape index (κ1) is 13.8. The van der Waals surface area contributed by atoms with Gasteiger partial charge in [-0.3, -0.25) is 0 Å². The lowest BCUT2D eigenvalue weighted by molar-refractivity contribution is -0.131. The van der Waals surface area contributed by atoms with E-state index in [0.717, 1.165) is 23.0 Å². The highest BCUT2D eigenvalue weighted by Crippen LogP contribution is 2.24. The Kier molecular flexibility index (Phi) is 4.15. The van der Waals surface area contributed by atoms with Crippen LogP contribution < -0.4 is 4.90 Å². The van der Waals surface area contributed by atoms with Gasteiger partial charge in [0.05, 0.1) is 0 Å². The molecule has 2 rings (SSSR count). The summed E-state index contributed by atoms with van der Waals surface area (Å²) in [5.74, 6) is -1.26. The van der Waals surface area contributed by atoms with Crippen LogP contribution in [0, 0.1) is 5.82 Å². The van der Waals surface area contributed by atoms with Crippen molar-refractivity contribution in [1.82, 2.24) is 0 Å². The zero-order valence-corrected chi connectivity index (χ0v) is 11.0. The molecule has 4 heteroatoms. The Balaban J connectivity index is 2.19. The molecule has 0 radical (unpaired) electrons. The second-order valence-electron chi connectivity index (χ2n) is 4.30. The molecule has 0 aliphatic rings. The zero-order valence-electron chi connectivity index (χ0n) is 11.0. The zero-order chi connectivity index (χ0) is 14.5. The quantitative estimate of drug-likeness (QED) is 0.862. The van der Waals surface area contributed by atoms with E-state index < -0.39 is 5.97 Å². The van der Waals surface area contributed by atoms with Crippen LogP contribution in [0.2, 0.25) is 0 Å². The van der Waals surface area contributed by atoms with Crippen molar-refractivity contribution in [3.63, 3.8) is 0 Å². The van der Waals surface area contributed by atoms with E-state index in [1.807, 2.05) is 42.3 Å². The topological polar surface area (TPSA) is 40.5 Å². The van der Waals surface area contributed by atoms with Crippen molar-refractivity contribution in [2.45, 2.75) is 0 Å². The van der Waals surface area contributed by atoms with Gasteiger partial charge >= 0.3 is 5.97 Å². The maximum atomic E-state index is 13.2. The molecule has 0 aromatic heterocycles. The van der Waals surface area contributed by atoms with E-state index in [-0.39, 0.29) is 5.82 Å². The first-order valence-corrected chi connectivity index (χ1v) is 6.06. The van der Waals surface area contributed by atoms with Gasteiger partial charge in [0.1, 0.15) is 5.82 Å². The molecule has 0 bridgehead atoms. The first-order chi connectivity index (χ1) is 9.56. The summed E-state index contributed by atoms with van der Waals surface area (Å²) in [7, 11) is 1.84. The van der Waals surface area contributed by atoms with E-state index in [4.69, 9.17) is 5.11 Å². The molecule has 0 saturated carbocycles. The fraction of sp³-hybridized carbons (Fsp3) is 0.0625. The molecule has 2 aromatic carbocycles. The molecule has 2 aromatic rings. The summed E-state index contributed by atoms with van der Waals surface area (Å²) in [4.78, 5) is 12.3. The monoisotopic (exact) mass is 271 g/mol. The predicted molar refractivity (Wildman–Crippen MR) is 77.6 cm³/mol. The lowest BCUT2D eigenvalue weighted by Crippen LogP contribution is -2.09. The molecule has 0 fully saturated rings. The number of hydrogen-bond donors (Lipinski definition) is 1. The third kappa shape index (κ3) is 3.45. The molecule has 0 aliphatic heterocycles. The summed E-state index contributed by atoms with van der Waals surface area (Å²) in [6, 6.07) is 13.7. The maximum absolute atomic E-state index is 13.2. The van der Waals surface area contributed by atoms with Crippen molar-refractivity contribution in [1.29, 1.82) is 0 Å². The van der Waals surface area contributed by atoms with Crippen LogP contribution in [0.15, 0.2) is 54.6 Å². The Morgan fingerprint density at radius 2 is 1.85 bits per heavy atom. The van der Waals surface area contributed by atoms with Crippen molar-refractivity contribution < 1.29 is 14.3 Å². The van der Waals surface area contributed by atoms with Crippen molar-refractivity contribution in [2.75, 3.05) is 11.9 Å². The number of benzene rings is 2. The number of carboxylic acid groups (broad SMARTS) is 1. The molecular formula is C16H14FNO2. The van der Waals surface area contributed by atoms with Crippen molar-refractivity contribution in [3.05, 3.63) is 66.0 Å². The van der Waals surface area contributed by atoms with Gasteiger partial charge in [-0.25, -0.2) is 9.18 Å². The van der Waals surface area contributed by atoms with Gasteiger partial charge in [0.2, 0.25) is 0 Å². The first-order valence-electron chi connectivity index (χ1n) is 6.06. The molecule has 0 spiro atoms. The maximum Gasteiger partial charge on any atom is 0.328 e. The molecule has 0 atom stereocenters. The molecule has 1 N–H and O–H groups in total. The number of anilines is 2. The molecule has 3 nitrogen and oxygen atoms in total. The second kappa shape index (κ2) is 6.02. The van der Waals surface area contributed by atoms with Crippen LogP contribution in [0.3, 0.4) is 0 Å². The van der Waals surface area contributed by atoms with Crippen LogP contribution in [0.4, 0.5) is 15.8 Å². The molecule has 20 heavy (non-hydrogen) atoms. The van der Waals surface area contributed by atoms with E-state index in [2.05, 4.69) is 0 Å². The second-order valence-corrected chi connectivity index (χ2v) is 4.30. The molecule has 0 amide bonds. The van der Waals surface area contributed by atoms with Gasteiger partial charge in [0, 0.05) is 24.5 Å². The van der Waals surface area contributed by atoms with Crippen LogP contribution in [-0.4, -0.2) is 18.1 Å². The summed E-state index contributed by atoms with van der Waals surface area (Å²) in [5, 5.41) is 8.56. The molecular weight excluding hydrogens is 257 g/mol. The van der Waals surface area contributed by atoms with Crippen molar-refractivity contribution in [2.24, 2.45) is 0 Å². The van der Waals surface area contributed by atoms with Crippen LogP contribution >= 0.6 is 0 Å². The van der Waals surface area contributed by atoms with Gasteiger partial charge in [-0.2, -0.15) is 0 Å². The number of hydrogen-bond acceptors (Lipinski definition) is 2. The highest BCUT2D eigenvalue weighted by molar-refractivity contribution is 5.85. The van der Waals surface area contributed by atoms with Gasteiger partial charge in [-0.1, -0.05) is 18.2 Å². The Hall–Kier alpha value is -2.62. The number of aliphatic carboxylic acids is 1. The van der Waals surface area contributed by atoms with Crippen molar-refractivity contribution >= 4 is 23.4 Å². The highest BCUT2D eigenvalue weighted by Gasteiger charge is 2.04. The van der Waals surface area contributed by atoms with Gasteiger partial charge in [-0.05, 0) is 42.0 Å². The van der Waals surface area contributed by atoms with E-state index >= 15 is 0 Å². The average molecular weight is 271 g/mol. The number of carboxylic acids is 1. The Morgan fingerprint density at radius 3 is 2.45 bits per heavy atom. The number of nitrogens with zero attached hydrogens (tertiary/aromatic N) is 1. The summed E-state index contributed by atoms with van der Waals surface area (Å²) < 4.78 is 13.2. The largest absolute Gasteiger partial charge is 0.478 e. The van der Waals surface area contributed by atoms with E-state index in [0.29, 0.717) is 0 Å². The number of carbonyl (C=O) groups is 1. The minimum atomic E-state index is -0.981. The lowest BCUT2D eigenvalue weighted by Gasteiger charge is -2.19. The van der Waals surface area contributed by atoms with Gasteiger partial charge in [0.25, 0.3) is 0 Å². The van der Waals surface area contributed by atoms with Crippen molar-refractivity contribution in [3.8, 4) is 0 Å². The number of rotatable bonds is 4. The summed E-state index contributed by atoms with van der Waals surface area (Å²) in [5.41, 5.74) is 2.44. The third-order valence-corrected chi connectivity index (χ3v) is 2.89. The van der Waals surface area contributed by atoms with E-state index in [1.54, 1.807) is 6.07 Å². The third-order valence-electron chi connectivity index (χ3n) is 2.89. The predicted octanol–water partition coefficient (Wildman–Crippen LogP) is 3.69. The summed E-state index contributed by atoms with van der Waals surface area (Å²) in [6.45, 7) is 0. The minimum absolute atomic E-state index is 0.282. The molecule has 0 saturated heterocycles. The minimum Gasteiger partial charge on any atom is -0.478 e. The molecule has 0 aliphatic carbocycles. The number of halogens is 1. The normalized spacial score (nSPS) is 10.7. The Morgan fingerprint density at radius 1 is 1.15 bits per heavy atom. The molecule has 102 valence electrons. The summed E-state index contributed by atoms with van der Waals surface area (Å²) in [6.07, 6.45) is 2.61. The fourth-order valence-electron chi connectivity index (χ4n) is 1.81. The standard InChI is InChI=1S/C16H14FNO2/c1-18(15-4-2-3-13(17)11-15)14-8-5-12(6-9-14)7-10-16(19)20/h2-11H,1H3,(H,19,20). The highest BCUT2D eigenvalue weighted by atomic mass is 19.1. The Labute approximate surface area is 116 Å². The van der Waals surface area contributed by atoms with Gasteiger partial charge < -0.3 is 10.0 Å². The Bertz CT molecular complexity index is 635. The average Bonchev–Trinajstić information content (AvgIpc) is 2.45. The molecule has 0 unspecified atom stereocenters. The lowest BCUT2D eigenvalue weighted by atomic mass is 10.1. The SMILES string of the molecule is CN(c1ccc(C=CC(=O)O)cc1)c1cccc(F)c1.